The third-order valence-electron chi connectivity index (χ3n) is 4.30. The number of nitrogens with one attached hydrogen (secondary N) is 1. The first-order valence-corrected chi connectivity index (χ1v) is 10.2. The molecule has 26 heavy (non-hydrogen) atoms. The third-order valence-corrected chi connectivity index (χ3v) is 6.10. The van der Waals surface area contributed by atoms with Gasteiger partial charge in [0.25, 0.3) is 0 Å². The molecule has 0 saturated carbocycles. The lowest BCUT2D eigenvalue weighted by Crippen LogP contribution is -2.39. The van der Waals surface area contributed by atoms with E-state index < -0.39 is 16.3 Å². The van der Waals surface area contributed by atoms with Crippen molar-refractivity contribution in [2.24, 2.45) is 0 Å². The summed E-state index contributed by atoms with van der Waals surface area (Å²) < 4.78 is 29.1. The number of hydrogen-bond donors (Lipinski definition) is 2. The number of anilines is 3. The normalized spacial score (nSPS) is 16.8. The Hall–Kier alpha value is -2.09. The van der Waals surface area contributed by atoms with Crippen LogP contribution in [0.5, 0.6) is 0 Å². The fourth-order valence-corrected chi connectivity index (χ4v) is 4.73. The Labute approximate surface area is 155 Å². The van der Waals surface area contributed by atoms with Crippen molar-refractivity contribution >= 4 is 27.3 Å². The van der Waals surface area contributed by atoms with Gasteiger partial charge in [-0.25, -0.2) is 4.31 Å². The fourth-order valence-electron chi connectivity index (χ4n) is 3.01. The summed E-state index contributed by atoms with van der Waals surface area (Å²) >= 11 is 0. The first-order chi connectivity index (χ1) is 12.4. The van der Waals surface area contributed by atoms with E-state index in [2.05, 4.69) is 5.32 Å². The van der Waals surface area contributed by atoms with Gasteiger partial charge in [-0.15, -0.1) is 0 Å². The summed E-state index contributed by atoms with van der Waals surface area (Å²) in [4.78, 5) is 0. The summed E-state index contributed by atoms with van der Waals surface area (Å²) in [6, 6.07) is 16.6. The minimum atomic E-state index is -3.73. The largest absolute Gasteiger partial charge is 0.392 e. The molecule has 1 aliphatic rings. The maximum absolute atomic E-state index is 13.2. The number of benzene rings is 2. The summed E-state index contributed by atoms with van der Waals surface area (Å²) in [5.41, 5.74) is 1.87. The minimum absolute atomic E-state index is 0.226. The molecule has 1 aliphatic heterocycles. The molecule has 1 unspecified atom stereocenters. The van der Waals surface area contributed by atoms with Gasteiger partial charge in [-0.1, -0.05) is 44.2 Å². The molecule has 0 radical (unpaired) electrons. The molecule has 1 atom stereocenters. The Morgan fingerprint density at radius 3 is 2.27 bits per heavy atom. The number of hydrogen-bond acceptors (Lipinski definition) is 4. The monoisotopic (exact) mass is 375 g/mol. The van der Waals surface area contributed by atoms with Crippen LogP contribution >= 0.6 is 0 Å². The quantitative estimate of drug-likeness (QED) is 0.780. The number of para-hydroxylation sites is 3. The molecular formula is C19H25N3O3S. The number of aliphatic hydroxyl groups excluding tert-OH is 1. The highest BCUT2D eigenvalue weighted by atomic mass is 32.2. The molecular weight excluding hydrogens is 350 g/mol. The van der Waals surface area contributed by atoms with E-state index in [-0.39, 0.29) is 12.6 Å². The SMILES string of the molecule is CC(C)NCC(O)CCN1c2ccccc2N(c2ccccc2)S1(=O)=O. The van der Waals surface area contributed by atoms with Crippen LogP contribution < -0.4 is 13.9 Å². The minimum Gasteiger partial charge on any atom is -0.392 e. The molecule has 1 heterocycles. The van der Waals surface area contributed by atoms with Gasteiger partial charge in [0, 0.05) is 19.1 Å². The molecule has 3 rings (SSSR count). The van der Waals surface area contributed by atoms with Gasteiger partial charge in [0.15, 0.2) is 0 Å². The van der Waals surface area contributed by atoms with E-state index in [4.69, 9.17) is 0 Å². The highest BCUT2D eigenvalue weighted by Crippen LogP contribution is 2.45. The van der Waals surface area contributed by atoms with Gasteiger partial charge in [0.1, 0.15) is 0 Å². The van der Waals surface area contributed by atoms with Crippen molar-refractivity contribution in [3.63, 3.8) is 0 Å². The Balaban J connectivity index is 1.85. The highest BCUT2D eigenvalue weighted by Gasteiger charge is 2.40. The van der Waals surface area contributed by atoms with Crippen molar-refractivity contribution in [3.05, 3.63) is 54.6 Å². The first kappa shape index (κ1) is 18.7. The van der Waals surface area contributed by atoms with E-state index in [9.17, 15) is 13.5 Å². The van der Waals surface area contributed by atoms with Crippen molar-refractivity contribution in [2.45, 2.75) is 32.4 Å². The first-order valence-electron chi connectivity index (χ1n) is 8.80. The van der Waals surface area contributed by atoms with Crippen molar-refractivity contribution < 1.29 is 13.5 Å². The summed E-state index contributed by atoms with van der Waals surface area (Å²) in [7, 11) is -3.73. The van der Waals surface area contributed by atoms with E-state index in [0.29, 0.717) is 30.0 Å². The molecule has 0 spiro atoms. The Morgan fingerprint density at radius 1 is 1.00 bits per heavy atom. The number of fused-ring (bicyclic) bond motifs is 1. The van der Waals surface area contributed by atoms with Crippen LogP contribution in [0.4, 0.5) is 17.1 Å². The Morgan fingerprint density at radius 2 is 1.62 bits per heavy atom. The van der Waals surface area contributed by atoms with Crippen LogP contribution in [-0.2, 0) is 10.2 Å². The lowest BCUT2D eigenvalue weighted by atomic mass is 10.2. The van der Waals surface area contributed by atoms with Crippen molar-refractivity contribution in [3.8, 4) is 0 Å². The highest BCUT2D eigenvalue weighted by molar-refractivity contribution is 7.95. The second kappa shape index (κ2) is 7.65. The standard InChI is InChI=1S/C19H25N3O3S/c1-15(2)20-14-17(23)12-13-21-18-10-6-7-11-19(18)22(26(21,24)25)16-8-4-3-5-9-16/h3-11,15,17,20,23H,12-14H2,1-2H3. The molecule has 0 fully saturated rings. The number of rotatable bonds is 7. The van der Waals surface area contributed by atoms with Gasteiger partial charge in [0.05, 0.1) is 23.2 Å². The summed E-state index contributed by atoms with van der Waals surface area (Å²) in [5, 5.41) is 13.3. The zero-order valence-electron chi connectivity index (χ0n) is 15.0. The summed E-state index contributed by atoms with van der Waals surface area (Å²) in [6.07, 6.45) is -0.249. The molecule has 2 aromatic rings. The predicted octanol–water partition coefficient (Wildman–Crippen LogP) is 2.64. The van der Waals surface area contributed by atoms with Crippen molar-refractivity contribution in [2.75, 3.05) is 21.7 Å². The lowest BCUT2D eigenvalue weighted by molar-refractivity contribution is 0.162. The molecule has 140 valence electrons. The average Bonchev–Trinajstić information content (AvgIpc) is 2.84. The van der Waals surface area contributed by atoms with Gasteiger partial charge in [0.2, 0.25) is 0 Å². The van der Waals surface area contributed by atoms with E-state index in [1.165, 1.54) is 8.61 Å². The molecule has 0 aromatic heterocycles. The summed E-state index contributed by atoms with van der Waals surface area (Å²) in [5.74, 6) is 0. The van der Waals surface area contributed by atoms with Crippen molar-refractivity contribution in [1.82, 2.24) is 5.32 Å². The molecule has 0 amide bonds. The summed E-state index contributed by atoms with van der Waals surface area (Å²) in [6.45, 7) is 4.68. The van der Waals surface area contributed by atoms with Crippen LogP contribution in [0.2, 0.25) is 0 Å². The molecule has 2 N–H and O–H groups in total. The van der Waals surface area contributed by atoms with E-state index in [1.807, 2.05) is 44.2 Å². The molecule has 0 aliphatic carbocycles. The third kappa shape index (κ3) is 3.70. The van der Waals surface area contributed by atoms with Gasteiger partial charge in [-0.2, -0.15) is 8.42 Å². The smallest absolute Gasteiger partial charge is 0.330 e. The van der Waals surface area contributed by atoms with E-state index in [1.54, 1.807) is 24.3 Å². The van der Waals surface area contributed by atoms with Crippen LogP contribution in [0, 0.1) is 0 Å². The Kier molecular flexibility index (Phi) is 5.50. The average molecular weight is 375 g/mol. The molecule has 0 saturated heterocycles. The topological polar surface area (TPSA) is 72.9 Å². The fraction of sp³-hybridized carbons (Fsp3) is 0.368. The molecule has 7 heteroatoms. The lowest BCUT2D eigenvalue weighted by Gasteiger charge is -2.23. The van der Waals surface area contributed by atoms with Gasteiger partial charge in [-0.05, 0) is 30.7 Å². The van der Waals surface area contributed by atoms with Crippen LogP contribution in [0.15, 0.2) is 54.6 Å². The number of nitrogens with zero attached hydrogens (tertiary/aromatic N) is 2. The second-order valence-corrected chi connectivity index (χ2v) is 8.38. The molecule has 0 bridgehead atoms. The van der Waals surface area contributed by atoms with Gasteiger partial charge >= 0.3 is 10.2 Å². The predicted molar refractivity (Wildman–Crippen MR) is 105 cm³/mol. The van der Waals surface area contributed by atoms with Crippen LogP contribution in [0.1, 0.15) is 20.3 Å². The van der Waals surface area contributed by atoms with Gasteiger partial charge in [-0.3, -0.25) is 4.31 Å². The maximum Gasteiger partial charge on any atom is 0.330 e. The van der Waals surface area contributed by atoms with Crippen LogP contribution in [-0.4, -0.2) is 38.8 Å². The number of aliphatic hydroxyl groups is 1. The second-order valence-electron chi connectivity index (χ2n) is 6.67. The van der Waals surface area contributed by atoms with E-state index >= 15 is 0 Å². The van der Waals surface area contributed by atoms with E-state index in [0.717, 1.165) is 0 Å². The maximum atomic E-state index is 13.2. The molecule has 6 nitrogen and oxygen atoms in total. The molecule has 2 aromatic carbocycles. The van der Waals surface area contributed by atoms with Crippen LogP contribution in [0.3, 0.4) is 0 Å². The zero-order chi connectivity index (χ0) is 18.7. The zero-order valence-corrected chi connectivity index (χ0v) is 15.9. The van der Waals surface area contributed by atoms with Crippen molar-refractivity contribution in [1.29, 1.82) is 0 Å². The van der Waals surface area contributed by atoms with Crippen LogP contribution in [0.25, 0.3) is 0 Å². The Bertz CT molecular complexity index is 840. The van der Waals surface area contributed by atoms with Gasteiger partial charge < -0.3 is 10.4 Å².